The van der Waals surface area contributed by atoms with Gasteiger partial charge < -0.3 is 11.1 Å². The van der Waals surface area contributed by atoms with Crippen molar-refractivity contribution in [1.82, 2.24) is 10.2 Å². The number of nitrogens with zero attached hydrogens (tertiary/aromatic N) is 2. The van der Waals surface area contributed by atoms with Gasteiger partial charge in [-0.3, -0.25) is 4.79 Å². The van der Waals surface area contributed by atoms with E-state index in [2.05, 4.69) is 15.5 Å². The van der Waals surface area contributed by atoms with Crippen LogP contribution in [0.2, 0.25) is 0 Å². The summed E-state index contributed by atoms with van der Waals surface area (Å²) in [4.78, 5) is 12.7. The third kappa shape index (κ3) is 3.58. The largest absolute Gasteiger partial charge is 0.330 e. The van der Waals surface area contributed by atoms with Crippen molar-refractivity contribution >= 4 is 33.7 Å². The summed E-state index contributed by atoms with van der Waals surface area (Å²) in [5.41, 5.74) is 5.41. The fraction of sp³-hybridized carbons (Fsp3) is 0.300. The molecule has 0 aliphatic carbocycles. The second kappa shape index (κ2) is 5.85. The molecule has 0 saturated heterocycles. The fourth-order valence-electron chi connectivity index (χ4n) is 1.26. The average molecular weight is 268 g/mol. The number of anilines is 1. The Morgan fingerprint density at radius 2 is 2.35 bits per heavy atom. The molecule has 0 fully saturated rings. The van der Waals surface area contributed by atoms with E-state index in [0.717, 1.165) is 9.88 Å². The normalized spacial score (nSPS) is 10.4. The molecule has 0 unspecified atom stereocenters. The van der Waals surface area contributed by atoms with Gasteiger partial charge >= 0.3 is 0 Å². The molecule has 7 heteroatoms. The van der Waals surface area contributed by atoms with Gasteiger partial charge in [-0.1, -0.05) is 17.4 Å². The van der Waals surface area contributed by atoms with Crippen molar-refractivity contribution in [2.45, 2.75) is 12.8 Å². The highest BCUT2D eigenvalue weighted by atomic mass is 32.1. The first kappa shape index (κ1) is 12.2. The number of carbonyl (C=O) groups excluding carboxylic acids is 1. The molecule has 0 bridgehead atoms. The topological polar surface area (TPSA) is 80.9 Å². The van der Waals surface area contributed by atoms with Crippen molar-refractivity contribution < 1.29 is 4.79 Å². The van der Waals surface area contributed by atoms with E-state index in [1.165, 1.54) is 11.3 Å². The minimum Gasteiger partial charge on any atom is -0.330 e. The summed E-state index contributed by atoms with van der Waals surface area (Å²) in [5.74, 6) is -0.0668. The number of hydrogen-bond donors (Lipinski definition) is 2. The molecule has 17 heavy (non-hydrogen) atoms. The number of nitrogens with two attached hydrogens (primary N) is 1. The Kier molecular flexibility index (Phi) is 4.18. The van der Waals surface area contributed by atoms with Gasteiger partial charge in [0.2, 0.25) is 11.0 Å². The molecule has 2 aromatic heterocycles. The zero-order valence-corrected chi connectivity index (χ0v) is 10.7. The van der Waals surface area contributed by atoms with Crippen LogP contribution in [0.5, 0.6) is 0 Å². The van der Waals surface area contributed by atoms with E-state index in [1.54, 1.807) is 11.3 Å². The molecular formula is C10H12N4OS2. The van der Waals surface area contributed by atoms with Crippen LogP contribution in [0.4, 0.5) is 5.13 Å². The molecule has 0 radical (unpaired) electrons. The van der Waals surface area contributed by atoms with E-state index in [0.29, 0.717) is 24.5 Å². The zero-order valence-electron chi connectivity index (χ0n) is 9.05. The maximum absolute atomic E-state index is 11.7. The van der Waals surface area contributed by atoms with Gasteiger partial charge in [-0.25, -0.2) is 0 Å². The first-order chi connectivity index (χ1) is 8.28. The molecule has 1 amide bonds. The maximum Gasteiger partial charge on any atom is 0.231 e. The minimum absolute atomic E-state index is 0.0668. The summed E-state index contributed by atoms with van der Waals surface area (Å²) in [7, 11) is 0. The van der Waals surface area contributed by atoms with E-state index < -0.39 is 0 Å². The summed E-state index contributed by atoms with van der Waals surface area (Å²) in [6.07, 6.45) is 1.07. The Morgan fingerprint density at radius 3 is 3.06 bits per heavy atom. The molecule has 0 aromatic carbocycles. The molecule has 2 rings (SSSR count). The third-order valence-corrected chi connectivity index (χ3v) is 3.76. The first-order valence-corrected chi connectivity index (χ1v) is 6.82. The summed E-state index contributed by atoms with van der Waals surface area (Å²) < 4.78 is 0. The lowest BCUT2D eigenvalue weighted by molar-refractivity contribution is -0.115. The van der Waals surface area contributed by atoms with Gasteiger partial charge in [0.25, 0.3) is 0 Å². The molecular weight excluding hydrogens is 256 g/mol. The van der Waals surface area contributed by atoms with Crippen molar-refractivity contribution in [3.8, 4) is 0 Å². The molecule has 90 valence electrons. The second-order valence-electron chi connectivity index (χ2n) is 3.34. The van der Waals surface area contributed by atoms with Gasteiger partial charge in [0.15, 0.2) is 0 Å². The lowest BCUT2D eigenvalue weighted by Crippen LogP contribution is -2.13. The Balaban J connectivity index is 1.89. The van der Waals surface area contributed by atoms with Gasteiger partial charge in [0.1, 0.15) is 5.01 Å². The van der Waals surface area contributed by atoms with Crippen LogP contribution in [0.25, 0.3) is 0 Å². The second-order valence-corrected chi connectivity index (χ2v) is 5.44. The lowest BCUT2D eigenvalue weighted by atomic mass is 10.3. The maximum atomic E-state index is 11.7. The highest BCUT2D eigenvalue weighted by Crippen LogP contribution is 2.16. The van der Waals surface area contributed by atoms with Gasteiger partial charge in [-0.15, -0.1) is 21.5 Å². The van der Waals surface area contributed by atoms with Crippen molar-refractivity contribution in [1.29, 1.82) is 0 Å². The SMILES string of the molecule is NCCc1nnc(NC(=O)Cc2cccs2)s1. The predicted octanol–water partition coefficient (Wildman–Crippen LogP) is 1.28. The van der Waals surface area contributed by atoms with Crippen LogP contribution < -0.4 is 11.1 Å². The van der Waals surface area contributed by atoms with Crippen LogP contribution in [0.3, 0.4) is 0 Å². The number of rotatable bonds is 5. The highest BCUT2D eigenvalue weighted by molar-refractivity contribution is 7.15. The molecule has 0 atom stereocenters. The van der Waals surface area contributed by atoms with Crippen LogP contribution in [-0.4, -0.2) is 22.6 Å². The van der Waals surface area contributed by atoms with Crippen molar-refractivity contribution in [3.05, 3.63) is 27.4 Å². The molecule has 0 spiro atoms. The van der Waals surface area contributed by atoms with E-state index >= 15 is 0 Å². The van der Waals surface area contributed by atoms with E-state index in [-0.39, 0.29) is 5.91 Å². The quantitative estimate of drug-likeness (QED) is 0.856. The zero-order chi connectivity index (χ0) is 12.1. The smallest absolute Gasteiger partial charge is 0.231 e. The summed E-state index contributed by atoms with van der Waals surface area (Å²) in [5, 5.41) is 13.9. The average Bonchev–Trinajstić information content (AvgIpc) is 2.91. The van der Waals surface area contributed by atoms with Crippen molar-refractivity contribution in [2.75, 3.05) is 11.9 Å². The minimum atomic E-state index is -0.0668. The number of hydrogen-bond acceptors (Lipinski definition) is 6. The van der Waals surface area contributed by atoms with Gasteiger partial charge in [-0.05, 0) is 18.0 Å². The van der Waals surface area contributed by atoms with Gasteiger partial charge in [0.05, 0.1) is 6.42 Å². The van der Waals surface area contributed by atoms with Gasteiger partial charge in [0, 0.05) is 11.3 Å². The van der Waals surface area contributed by atoms with Crippen molar-refractivity contribution in [2.24, 2.45) is 5.73 Å². The first-order valence-electron chi connectivity index (χ1n) is 5.12. The summed E-state index contributed by atoms with van der Waals surface area (Å²) >= 11 is 2.93. The predicted molar refractivity (Wildman–Crippen MR) is 69.3 cm³/mol. The Morgan fingerprint density at radius 1 is 1.47 bits per heavy atom. The number of carbonyl (C=O) groups is 1. The number of thiophene rings is 1. The lowest BCUT2D eigenvalue weighted by Gasteiger charge is -1.98. The van der Waals surface area contributed by atoms with E-state index in [1.807, 2.05) is 17.5 Å². The third-order valence-electron chi connectivity index (χ3n) is 1.99. The van der Waals surface area contributed by atoms with Crippen LogP contribution in [0.15, 0.2) is 17.5 Å². The van der Waals surface area contributed by atoms with Crippen LogP contribution in [-0.2, 0) is 17.6 Å². The molecule has 3 N–H and O–H groups in total. The molecule has 0 aliphatic rings. The van der Waals surface area contributed by atoms with Crippen LogP contribution >= 0.6 is 22.7 Å². The van der Waals surface area contributed by atoms with Crippen LogP contribution in [0.1, 0.15) is 9.88 Å². The molecule has 0 saturated carbocycles. The molecule has 5 nitrogen and oxygen atoms in total. The van der Waals surface area contributed by atoms with Crippen LogP contribution in [0, 0.1) is 0 Å². The van der Waals surface area contributed by atoms with Gasteiger partial charge in [-0.2, -0.15) is 0 Å². The molecule has 0 aliphatic heterocycles. The van der Waals surface area contributed by atoms with Crippen molar-refractivity contribution in [3.63, 3.8) is 0 Å². The Labute approximate surface area is 107 Å². The van der Waals surface area contributed by atoms with E-state index in [4.69, 9.17) is 5.73 Å². The number of aromatic nitrogens is 2. The number of nitrogens with one attached hydrogen (secondary N) is 1. The number of amides is 1. The van der Waals surface area contributed by atoms with E-state index in [9.17, 15) is 4.79 Å². The molecule has 2 aromatic rings. The Hall–Kier alpha value is -1.31. The molecule has 2 heterocycles. The summed E-state index contributed by atoms with van der Waals surface area (Å²) in [6.45, 7) is 0.539. The Bertz CT molecular complexity index is 480. The summed E-state index contributed by atoms with van der Waals surface area (Å²) in [6, 6.07) is 3.86. The standard InChI is InChI=1S/C10H12N4OS2/c11-4-3-9-13-14-10(17-9)12-8(15)6-7-2-1-5-16-7/h1-2,5H,3-4,6,11H2,(H,12,14,15). The fourth-order valence-corrected chi connectivity index (χ4v) is 2.74. The highest BCUT2D eigenvalue weighted by Gasteiger charge is 2.08. The monoisotopic (exact) mass is 268 g/mol.